The Hall–Kier alpha value is -1.22. The summed E-state index contributed by atoms with van der Waals surface area (Å²) >= 11 is 1.63. The predicted octanol–water partition coefficient (Wildman–Crippen LogP) is 4.77. The van der Waals surface area contributed by atoms with E-state index in [1.54, 1.807) is 24.3 Å². The molecule has 0 bridgehead atoms. The molecular formula is C14H16FNS. The van der Waals surface area contributed by atoms with Gasteiger partial charge >= 0.3 is 0 Å². The molecule has 2 aromatic rings. The predicted molar refractivity (Wildman–Crippen MR) is 71.0 cm³/mol. The van der Waals surface area contributed by atoms with Crippen molar-refractivity contribution in [1.29, 1.82) is 0 Å². The van der Waals surface area contributed by atoms with Crippen molar-refractivity contribution in [1.82, 2.24) is 4.98 Å². The fraction of sp³-hybridized carbons (Fsp3) is 0.357. The number of rotatable bonds is 3. The fourth-order valence-corrected chi connectivity index (χ4v) is 2.57. The van der Waals surface area contributed by atoms with Crippen molar-refractivity contribution in [3.05, 3.63) is 40.7 Å². The van der Waals surface area contributed by atoms with Gasteiger partial charge in [0.15, 0.2) is 0 Å². The molecule has 0 N–H and O–H groups in total. The second-order valence-corrected chi connectivity index (χ2v) is 5.21. The third-order valence-electron chi connectivity index (χ3n) is 3.04. The summed E-state index contributed by atoms with van der Waals surface area (Å²) in [5.41, 5.74) is 2.81. The molecule has 1 atom stereocenters. The maximum Gasteiger partial charge on any atom is 0.126 e. The molecule has 1 aromatic carbocycles. The van der Waals surface area contributed by atoms with E-state index >= 15 is 0 Å². The maximum atomic E-state index is 13.2. The number of hydrogen-bond acceptors (Lipinski definition) is 2. The van der Waals surface area contributed by atoms with Crippen LogP contribution in [0.15, 0.2) is 23.6 Å². The molecular weight excluding hydrogens is 233 g/mol. The van der Waals surface area contributed by atoms with Crippen LogP contribution in [0.1, 0.15) is 37.4 Å². The van der Waals surface area contributed by atoms with Crippen LogP contribution in [0.25, 0.3) is 10.6 Å². The maximum absolute atomic E-state index is 13.2. The first-order valence-electron chi connectivity index (χ1n) is 5.83. The summed E-state index contributed by atoms with van der Waals surface area (Å²) in [6.07, 6.45) is 1.09. The van der Waals surface area contributed by atoms with E-state index in [4.69, 9.17) is 0 Å². The number of benzene rings is 1. The van der Waals surface area contributed by atoms with Crippen LogP contribution in [0, 0.1) is 12.7 Å². The SMILES string of the molecule is CCC(C)c1csc(-c2ccc(F)c(C)c2)n1. The summed E-state index contributed by atoms with van der Waals surface area (Å²) in [6.45, 7) is 6.11. The van der Waals surface area contributed by atoms with Crippen LogP contribution >= 0.6 is 11.3 Å². The molecule has 3 heteroatoms. The van der Waals surface area contributed by atoms with Gasteiger partial charge in [-0.3, -0.25) is 0 Å². The summed E-state index contributed by atoms with van der Waals surface area (Å²) in [7, 11) is 0. The number of nitrogens with zero attached hydrogens (tertiary/aromatic N) is 1. The molecule has 1 aromatic heterocycles. The van der Waals surface area contributed by atoms with Gasteiger partial charge in [0.25, 0.3) is 0 Å². The highest BCUT2D eigenvalue weighted by molar-refractivity contribution is 7.13. The molecule has 0 spiro atoms. The highest BCUT2D eigenvalue weighted by Crippen LogP contribution is 2.28. The van der Waals surface area contributed by atoms with E-state index in [0.717, 1.165) is 22.7 Å². The number of halogens is 1. The lowest BCUT2D eigenvalue weighted by molar-refractivity contribution is 0.619. The minimum absolute atomic E-state index is 0.160. The zero-order valence-electron chi connectivity index (χ0n) is 10.3. The highest BCUT2D eigenvalue weighted by atomic mass is 32.1. The molecule has 0 aliphatic rings. The summed E-state index contributed by atoms with van der Waals surface area (Å²) < 4.78 is 13.2. The lowest BCUT2D eigenvalue weighted by Gasteiger charge is -2.03. The number of thiazole rings is 1. The van der Waals surface area contributed by atoms with Gasteiger partial charge in [-0.1, -0.05) is 13.8 Å². The molecule has 0 aliphatic heterocycles. The van der Waals surface area contributed by atoms with Gasteiger partial charge in [-0.25, -0.2) is 9.37 Å². The Morgan fingerprint density at radius 3 is 2.82 bits per heavy atom. The normalized spacial score (nSPS) is 12.7. The van der Waals surface area contributed by atoms with Gasteiger partial charge in [-0.2, -0.15) is 0 Å². The van der Waals surface area contributed by atoms with Crippen LogP contribution in [0.4, 0.5) is 4.39 Å². The van der Waals surface area contributed by atoms with Crippen molar-refractivity contribution in [2.24, 2.45) is 0 Å². The molecule has 17 heavy (non-hydrogen) atoms. The van der Waals surface area contributed by atoms with E-state index in [-0.39, 0.29) is 5.82 Å². The lowest BCUT2D eigenvalue weighted by Crippen LogP contribution is -1.91. The first-order valence-corrected chi connectivity index (χ1v) is 6.71. The van der Waals surface area contributed by atoms with Gasteiger partial charge in [-0.15, -0.1) is 11.3 Å². The molecule has 0 fully saturated rings. The third-order valence-corrected chi connectivity index (χ3v) is 3.95. The number of aromatic nitrogens is 1. The van der Waals surface area contributed by atoms with Crippen molar-refractivity contribution >= 4 is 11.3 Å². The monoisotopic (exact) mass is 249 g/mol. The average Bonchev–Trinajstić information content (AvgIpc) is 2.81. The van der Waals surface area contributed by atoms with Crippen LogP contribution < -0.4 is 0 Å². The highest BCUT2D eigenvalue weighted by Gasteiger charge is 2.10. The van der Waals surface area contributed by atoms with Crippen molar-refractivity contribution < 1.29 is 4.39 Å². The second kappa shape index (κ2) is 4.96. The van der Waals surface area contributed by atoms with Gasteiger partial charge in [0.05, 0.1) is 5.69 Å². The van der Waals surface area contributed by atoms with Crippen LogP contribution in [0.5, 0.6) is 0 Å². The third kappa shape index (κ3) is 2.55. The van der Waals surface area contributed by atoms with Gasteiger partial charge in [0, 0.05) is 10.9 Å². The summed E-state index contributed by atoms with van der Waals surface area (Å²) in [5.74, 6) is 0.328. The van der Waals surface area contributed by atoms with Crippen LogP contribution in [-0.2, 0) is 0 Å². The minimum atomic E-state index is -0.160. The van der Waals surface area contributed by atoms with E-state index in [1.165, 1.54) is 6.07 Å². The van der Waals surface area contributed by atoms with Gasteiger partial charge in [-0.05, 0) is 43.0 Å². The summed E-state index contributed by atoms with van der Waals surface area (Å²) in [5, 5.41) is 3.07. The molecule has 1 nitrogen and oxygen atoms in total. The smallest absolute Gasteiger partial charge is 0.126 e. The van der Waals surface area contributed by atoms with Crippen LogP contribution in [0.3, 0.4) is 0 Å². The molecule has 1 heterocycles. The molecule has 0 saturated carbocycles. The van der Waals surface area contributed by atoms with Crippen molar-refractivity contribution in [3.8, 4) is 10.6 Å². The number of hydrogen-bond donors (Lipinski definition) is 0. The van der Waals surface area contributed by atoms with Gasteiger partial charge in [0.2, 0.25) is 0 Å². The van der Waals surface area contributed by atoms with Crippen molar-refractivity contribution in [3.63, 3.8) is 0 Å². The molecule has 0 saturated heterocycles. The van der Waals surface area contributed by atoms with Crippen molar-refractivity contribution in [2.45, 2.75) is 33.1 Å². The topological polar surface area (TPSA) is 12.9 Å². The Morgan fingerprint density at radius 2 is 2.18 bits per heavy atom. The standard InChI is InChI=1S/C14H16FNS/c1-4-9(2)13-8-17-14(16-13)11-5-6-12(15)10(3)7-11/h5-9H,4H2,1-3H3. The van der Waals surface area contributed by atoms with E-state index in [0.29, 0.717) is 11.5 Å². The molecule has 1 unspecified atom stereocenters. The Bertz CT molecular complexity index is 519. The molecule has 2 rings (SSSR count). The van der Waals surface area contributed by atoms with Crippen LogP contribution in [0.2, 0.25) is 0 Å². The summed E-state index contributed by atoms with van der Waals surface area (Å²) in [4.78, 5) is 4.62. The molecule has 0 amide bonds. The Kier molecular flexibility index (Phi) is 3.57. The number of aryl methyl sites for hydroxylation is 1. The van der Waals surface area contributed by atoms with E-state index in [2.05, 4.69) is 24.2 Å². The first-order chi connectivity index (χ1) is 8.11. The largest absolute Gasteiger partial charge is 0.241 e. The molecule has 90 valence electrons. The molecule has 0 radical (unpaired) electrons. The first kappa shape index (κ1) is 12.2. The average molecular weight is 249 g/mol. The second-order valence-electron chi connectivity index (χ2n) is 4.35. The van der Waals surface area contributed by atoms with Gasteiger partial charge in [0.1, 0.15) is 10.8 Å². The zero-order valence-corrected chi connectivity index (χ0v) is 11.1. The van der Waals surface area contributed by atoms with E-state index < -0.39 is 0 Å². The van der Waals surface area contributed by atoms with E-state index in [9.17, 15) is 4.39 Å². The van der Waals surface area contributed by atoms with Gasteiger partial charge < -0.3 is 0 Å². The van der Waals surface area contributed by atoms with Crippen molar-refractivity contribution in [2.75, 3.05) is 0 Å². The van der Waals surface area contributed by atoms with E-state index in [1.807, 2.05) is 6.07 Å². The Morgan fingerprint density at radius 1 is 1.41 bits per heavy atom. The molecule has 0 aliphatic carbocycles. The minimum Gasteiger partial charge on any atom is -0.241 e. The Labute approximate surface area is 105 Å². The zero-order chi connectivity index (χ0) is 12.4. The fourth-order valence-electron chi connectivity index (χ4n) is 1.63. The quantitative estimate of drug-likeness (QED) is 0.763. The van der Waals surface area contributed by atoms with Crippen LogP contribution in [-0.4, -0.2) is 4.98 Å². The Balaban J connectivity index is 2.33. The lowest BCUT2D eigenvalue weighted by atomic mass is 10.1. The summed E-state index contributed by atoms with van der Waals surface area (Å²) in [6, 6.07) is 5.16.